The molecule has 1 heterocycles. The van der Waals surface area contributed by atoms with Crippen LogP contribution in [0, 0.1) is 6.92 Å². The lowest BCUT2D eigenvalue weighted by Crippen LogP contribution is -2.37. The number of carbonyl (C=O) groups excluding carboxylic acids is 1. The van der Waals surface area contributed by atoms with Gasteiger partial charge < -0.3 is 19.6 Å². The molecule has 1 amide bonds. The summed E-state index contributed by atoms with van der Waals surface area (Å²) in [7, 11) is 0. The Labute approximate surface area is 134 Å². The highest BCUT2D eigenvalue weighted by Crippen LogP contribution is 2.15. The third kappa shape index (κ3) is 4.60. The van der Waals surface area contributed by atoms with Crippen molar-refractivity contribution in [1.82, 2.24) is 5.32 Å². The maximum Gasteiger partial charge on any atom is 0.371 e. The fraction of sp³-hybridized carbons (Fsp3) is 0.294. The average Bonchev–Trinajstić information content (AvgIpc) is 2.99. The number of hydrogen-bond donors (Lipinski definition) is 2. The van der Waals surface area contributed by atoms with Crippen LogP contribution in [-0.4, -0.2) is 23.1 Å². The van der Waals surface area contributed by atoms with Crippen molar-refractivity contribution >= 4 is 11.9 Å². The average molecular weight is 317 g/mol. The summed E-state index contributed by atoms with van der Waals surface area (Å²) in [5, 5.41) is 11.5. The summed E-state index contributed by atoms with van der Waals surface area (Å²) in [6.45, 7) is 3.92. The molecule has 2 N–H and O–H groups in total. The van der Waals surface area contributed by atoms with Crippen LogP contribution in [0.2, 0.25) is 0 Å². The highest BCUT2D eigenvalue weighted by molar-refractivity contribution is 5.84. The highest BCUT2D eigenvalue weighted by atomic mass is 16.5. The first-order chi connectivity index (χ1) is 11.0. The largest absolute Gasteiger partial charge is 0.481 e. The summed E-state index contributed by atoms with van der Waals surface area (Å²) in [5.41, 5.74) is 1.05. The van der Waals surface area contributed by atoms with Crippen molar-refractivity contribution in [2.45, 2.75) is 32.9 Å². The molecule has 1 atom stereocenters. The van der Waals surface area contributed by atoms with E-state index in [1.165, 1.54) is 12.1 Å². The number of rotatable bonds is 7. The van der Waals surface area contributed by atoms with Crippen LogP contribution >= 0.6 is 0 Å². The summed E-state index contributed by atoms with van der Waals surface area (Å²) < 4.78 is 10.8. The summed E-state index contributed by atoms with van der Waals surface area (Å²) in [6, 6.07) is 10.4. The van der Waals surface area contributed by atoms with E-state index < -0.39 is 12.1 Å². The minimum absolute atomic E-state index is 0.111. The quantitative estimate of drug-likeness (QED) is 0.819. The third-order valence-electron chi connectivity index (χ3n) is 3.24. The minimum Gasteiger partial charge on any atom is -0.481 e. The Morgan fingerprint density at radius 1 is 1.30 bits per heavy atom. The molecule has 0 aliphatic rings. The lowest BCUT2D eigenvalue weighted by Gasteiger charge is -2.17. The van der Waals surface area contributed by atoms with Crippen LogP contribution in [0.15, 0.2) is 40.8 Å². The Morgan fingerprint density at radius 3 is 2.70 bits per heavy atom. The van der Waals surface area contributed by atoms with Gasteiger partial charge in [-0.3, -0.25) is 4.79 Å². The molecule has 0 aliphatic heterocycles. The van der Waals surface area contributed by atoms with Crippen molar-refractivity contribution in [1.29, 1.82) is 0 Å². The van der Waals surface area contributed by atoms with Crippen LogP contribution in [0.5, 0.6) is 5.75 Å². The van der Waals surface area contributed by atoms with Gasteiger partial charge in [-0.05, 0) is 43.2 Å². The molecule has 6 heteroatoms. The SMILES string of the molecule is CCC(Oc1cccc(C)c1)C(=O)NCc1ccc(C(=O)O)o1. The van der Waals surface area contributed by atoms with E-state index >= 15 is 0 Å². The molecule has 0 saturated carbocycles. The van der Waals surface area contributed by atoms with Gasteiger partial charge in [-0.1, -0.05) is 19.1 Å². The summed E-state index contributed by atoms with van der Waals surface area (Å²) in [5.74, 6) is -0.560. The molecule has 0 spiro atoms. The van der Waals surface area contributed by atoms with Crippen molar-refractivity contribution in [3.8, 4) is 5.75 Å². The van der Waals surface area contributed by atoms with Crippen molar-refractivity contribution < 1.29 is 23.8 Å². The normalized spacial score (nSPS) is 11.7. The molecule has 0 bridgehead atoms. The van der Waals surface area contributed by atoms with E-state index in [0.29, 0.717) is 17.9 Å². The van der Waals surface area contributed by atoms with E-state index in [1.54, 1.807) is 6.07 Å². The second-order valence-electron chi connectivity index (χ2n) is 5.12. The molecule has 2 aromatic rings. The van der Waals surface area contributed by atoms with E-state index in [1.807, 2.05) is 32.0 Å². The molecule has 6 nitrogen and oxygen atoms in total. The number of furan rings is 1. The van der Waals surface area contributed by atoms with E-state index in [0.717, 1.165) is 5.56 Å². The first kappa shape index (κ1) is 16.6. The minimum atomic E-state index is -1.14. The van der Waals surface area contributed by atoms with Gasteiger partial charge >= 0.3 is 5.97 Å². The zero-order chi connectivity index (χ0) is 16.8. The van der Waals surface area contributed by atoms with Crippen LogP contribution in [0.1, 0.15) is 35.2 Å². The molecule has 122 valence electrons. The van der Waals surface area contributed by atoms with Crippen LogP contribution in [-0.2, 0) is 11.3 Å². The lowest BCUT2D eigenvalue weighted by atomic mass is 10.2. The number of carboxylic acids is 1. The number of nitrogens with one attached hydrogen (secondary N) is 1. The predicted molar refractivity (Wildman–Crippen MR) is 83.4 cm³/mol. The first-order valence-electron chi connectivity index (χ1n) is 7.32. The number of carboxylic acid groups (broad SMARTS) is 1. The Hall–Kier alpha value is -2.76. The van der Waals surface area contributed by atoms with Gasteiger partial charge in [0.05, 0.1) is 6.54 Å². The molecule has 1 aromatic heterocycles. The topological polar surface area (TPSA) is 88.8 Å². The molecular formula is C17H19NO5. The standard InChI is InChI=1S/C17H19NO5/c1-3-14(22-12-6-4-5-11(2)9-12)16(19)18-10-13-7-8-15(23-13)17(20)21/h4-9,14H,3,10H2,1-2H3,(H,18,19)(H,20,21). The smallest absolute Gasteiger partial charge is 0.371 e. The lowest BCUT2D eigenvalue weighted by molar-refractivity contribution is -0.128. The fourth-order valence-electron chi connectivity index (χ4n) is 2.05. The van der Waals surface area contributed by atoms with Gasteiger partial charge in [-0.25, -0.2) is 4.79 Å². The van der Waals surface area contributed by atoms with Crippen LogP contribution in [0.4, 0.5) is 0 Å². The number of hydrogen-bond acceptors (Lipinski definition) is 4. The van der Waals surface area contributed by atoms with Gasteiger partial charge in [0.2, 0.25) is 5.76 Å². The molecule has 1 aromatic carbocycles. The van der Waals surface area contributed by atoms with Crippen LogP contribution < -0.4 is 10.1 Å². The van der Waals surface area contributed by atoms with E-state index in [4.69, 9.17) is 14.3 Å². The summed E-state index contributed by atoms with van der Waals surface area (Å²) in [4.78, 5) is 22.9. The molecule has 2 rings (SSSR count). The monoisotopic (exact) mass is 317 g/mol. The second kappa shape index (κ2) is 7.49. The van der Waals surface area contributed by atoms with Crippen molar-refractivity contribution in [3.63, 3.8) is 0 Å². The van der Waals surface area contributed by atoms with Crippen molar-refractivity contribution in [2.24, 2.45) is 0 Å². The number of carbonyl (C=O) groups is 2. The van der Waals surface area contributed by atoms with Crippen LogP contribution in [0.3, 0.4) is 0 Å². The van der Waals surface area contributed by atoms with E-state index in [-0.39, 0.29) is 18.2 Å². The number of ether oxygens (including phenoxy) is 1. The Morgan fingerprint density at radius 2 is 2.09 bits per heavy atom. The molecule has 0 radical (unpaired) electrons. The summed E-state index contributed by atoms with van der Waals surface area (Å²) in [6.07, 6.45) is -0.108. The Bertz CT molecular complexity index is 692. The van der Waals surface area contributed by atoms with E-state index in [9.17, 15) is 9.59 Å². The van der Waals surface area contributed by atoms with Gasteiger partial charge in [-0.15, -0.1) is 0 Å². The fourth-order valence-corrected chi connectivity index (χ4v) is 2.05. The highest BCUT2D eigenvalue weighted by Gasteiger charge is 2.19. The third-order valence-corrected chi connectivity index (χ3v) is 3.24. The Kier molecular flexibility index (Phi) is 5.41. The molecule has 0 saturated heterocycles. The van der Waals surface area contributed by atoms with Crippen LogP contribution in [0.25, 0.3) is 0 Å². The molecular weight excluding hydrogens is 298 g/mol. The van der Waals surface area contributed by atoms with Crippen molar-refractivity contribution in [2.75, 3.05) is 0 Å². The zero-order valence-electron chi connectivity index (χ0n) is 13.0. The van der Waals surface area contributed by atoms with Gasteiger partial charge in [0.25, 0.3) is 5.91 Å². The maximum atomic E-state index is 12.2. The number of benzene rings is 1. The number of amides is 1. The second-order valence-corrected chi connectivity index (χ2v) is 5.12. The molecule has 0 aliphatic carbocycles. The van der Waals surface area contributed by atoms with Gasteiger partial charge in [-0.2, -0.15) is 0 Å². The van der Waals surface area contributed by atoms with Gasteiger partial charge in [0.1, 0.15) is 11.5 Å². The van der Waals surface area contributed by atoms with Gasteiger partial charge in [0, 0.05) is 0 Å². The number of aromatic carboxylic acids is 1. The zero-order valence-corrected chi connectivity index (χ0v) is 13.0. The first-order valence-corrected chi connectivity index (χ1v) is 7.32. The van der Waals surface area contributed by atoms with Gasteiger partial charge in [0.15, 0.2) is 6.10 Å². The molecule has 0 fully saturated rings. The maximum absolute atomic E-state index is 12.2. The molecule has 23 heavy (non-hydrogen) atoms. The van der Waals surface area contributed by atoms with Crippen molar-refractivity contribution in [3.05, 3.63) is 53.5 Å². The Balaban J connectivity index is 1.92. The predicted octanol–water partition coefficient (Wildman–Crippen LogP) is 2.76. The molecule has 1 unspecified atom stereocenters. The number of aryl methyl sites for hydroxylation is 1. The van der Waals surface area contributed by atoms with E-state index in [2.05, 4.69) is 5.32 Å². The summed E-state index contributed by atoms with van der Waals surface area (Å²) >= 11 is 0.